The first-order valence-corrected chi connectivity index (χ1v) is 7.38. The van der Waals surface area contributed by atoms with E-state index in [-0.39, 0.29) is 5.54 Å². The highest BCUT2D eigenvalue weighted by Gasteiger charge is 2.17. The molecule has 0 bridgehead atoms. The minimum absolute atomic E-state index is 0.0401. The molecule has 0 aliphatic heterocycles. The molecule has 0 radical (unpaired) electrons. The molecule has 0 saturated carbocycles. The normalized spacial score (nSPS) is 11.1. The van der Waals surface area contributed by atoms with Crippen molar-refractivity contribution in [1.29, 1.82) is 5.26 Å². The highest BCUT2D eigenvalue weighted by Crippen LogP contribution is 2.15. The Morgan fingerprint density at radius 2 is 1.67 bits per heavy atom. The van der Waals surface area contributed by atoms with Gasteiger partial charge in [0.1, 0.15) is 0 Å². The SMILES string of the molecule is CC(C)(CCc1ccccc1)NCc1ccccc1C#N. The van der Waals surface area contributed by atoms with Gasteiger partial charge in [0.05, 0.1) is 11.6 Å². The molecule has 108 valence electrons. The van der Waals surface area contributed by atoms with Crippen LogP contribution >= 0.6 is 0 Å². The molecule has 0 spiro atoms. The number of nitrogens with one attached hydrogen (secondary N) is 1. The van der Waals surface area contributed by atoms with Gasteiger partial charge in [-0.25, -0.2) is 0 Å². The minimum atomic E-state index is 0.0401. The van der Waals surface area contributed by atoms with Gasteiger partial charge in [-0.05, 0) is 43.9 Å². The van der Waals surface area contributed by atoms with Crippen LogP contribution in [-0.2, 0) is 13.0 Å². The summed E-state index contributed by atoms with van der Waals surface area (Å²) < 4.78 is 0. The summed E-state index contributed by atoms with van der Waals surface area (Å²) in [6, 6.07) is 20.6. The van der Waals surface area contributed by atoms with Gasteiger partial charge in [-0.2, -0.15) is 5.26 Å². The number of nitrogens with zero attached hydrogens (tertiary/aromatic N) is 1. The molecule has 0 atom stereocenters. The molecule has 0 unspecified atom stereocenters. The predicted molar refractivity (Wildman–Crippen MR) is 86.8 cm³/mol. The Bertz CT molecular complexity index is 609. The Morgan fingerprint density at radius 1 is 1.00 bits per heavy atom. The Morgan fingerprint density at radius 3 is 2.38 bits per heavy atom. The molecule has 1 N–H and O–H groups in total. The van der Waals surface area contributed by atoms with Gasteiger partial charge in [-0.15, -0.1) is 0 Å². The second-order valence-electron chi connectivity index (χ2n) is 5.99. The molecular weight excluding hydrogens is 256 g/mol. The van der Waals surface area contributed by atoms with Crippen LogP contribution in [0.4, 0.5) is 0 Å². The molecule has 2 heteroatoms. The summed E-state index contributed by atoms with van der Waals surface area (Å²) in [5.41, 5.74) is 3.22. The van der Waals surface area contributed by atoms with Gasteiger partial charge in [-0.3, -0.25) is 0 Å². The van der Waals surface area contributed by atoms with E-state index in [0.29, 0.717) is 0 Å². The number of hydrogen-bond acceptors (Lipinski definition) is 2. The van der Waals surface area contributed by atoms with Gasteiger partial charge >= 0.3 is 0 Å². The lowest BCUT2D eigenvalue weighted by molar-refractivity contribution is 0.360. The monoisotopic (exact) mass is 278 g/mol. The molecule has 0 fully saturated rings. The molecule has 0 heterocycles. The summed E-state index contributed by atoms with van der Waals surface area (Å²) in [7, 11) is 0. The predicted octanol–water partition coefficient (Wildman–Crippen LogP) is 4.06. The molecule has 2 aromatic rings. The van der Waals surface area contributed by atoms with E-state index in [4.69, 9.17) is 5.26 Å². The van der Waals surface area contributed by atoms with Crippen molar-refractivity contribution in [1.82, 2.24) is 5.32 Å². The first kappa shape index (κ1) is 15.3. The van der Waals surface area contributed by atoms with Gasteiger partial charge in [0.25, 0.3) is 0 Å². The van der Waals surface area contributed by atoms with Crippen LogP contribution in [0, 0.1) is 11.3 Å². The van der Waals surface area contributed by atoms with Crippen molar-refractivity contribution in [3.63, 3.8) is 0 Å². The summed E-state index contributed by atoms with van der Waals surface area (Å²) in [6.45, 7) is 5.15. The van der Waals surface area contributed by atoms with Crippen LogP contribution in [0.3, 0.4) is 0 Å². The fourth-order valence-electron chi connectivity index (χ4n) is 2.31. The summed E-state index contributed by atoms with van der Waals surface area (Å²) in [4.78, 5) is 0. The third-order valence-corrected chi connectivity index (χ3v) is 3.78. The van der Waals surface area contributed by atoms with Crippen molar-refractivity contribution in [2.45, 2.75) is 38.8 Å². The minimum Gasteiger partial charge on any atom is -0.308 e. The lowest BCUT2D eigenvalue weighted by Crippen LogP contribution is -2.39. The third-order valence-electron chi connectivity index (χ3n) is 3.78. The fourth-order valence-corrected chi connectivity index (χ4v) is 2.31. The first-order valence-electron chi connectivity index (χ1n) is 7.38. The number of rotatable bonds is 6. The van der Waals surface area contributed by atoms with E-state index in [9.17, 15) is 0 Å². The second-order valence-corrected chi connectivity index (χ2v) is 5.99. The highest BCUT2D eigenvalue weighted by atomic mass is 14.9. The summed E-state index contributed by atoms with van der Waals surface area (Å²) >= 11 is 0. The van der Waals surface area contributed by atoms with E-state index in [1.54, 1.807) is 0 Å². The van der Waals surface area contributed by atoms with Crippen LogP contribution in [0.2, 0.25) is 0 Å². The Labute approximate surface area is 127 Å². The van der Waals surface area contributed by atoms with E-state index < -0.39 is 0 Å². The van der Waals surface area contributed by atoms with Crippen LogP contribution in [0.1, 0.15) is 37.0 Å². The van der Waals surface area contributed by atoms with Crippen molar-refractivity contribution in [2.75, 3.05) is 0 Å². The Hall–Kier alpha value is -2.11. The number of benzene rings is 2. The molecule has 2 aromatic carbocycles. The molecule has 0 amide bonds. The van der Waals surface area contributed by atoms with E-state index in [2.05, 4.69) is 49.5 Å². The first-order chi connectivity index (χ1) is 10.1. The smallest absolute Gasteiger partial charge is 0.0995 e. The average molecular weight is 278 g/mol. The summed E-state index contributed by atoms with van der Waals surface area (Å²) in [5.74, 6) is 0. The van der Waals surface area contributed by atoms with E-state index >= 15 is 0 Å². The Balaban J connectivity index is 1.90. The molecule has 2 rings (SSSR count). The van der Waals surface area contributed by atoms with Gasteiger partial charge < -0.3 is 5.32 Å². The number of nitriles is 1. The maximum Gasteiger partial charge on any atom is 0.0995 e. The van der Waals surface area contributed by atoms with Crippen molar-refractivity contribution in [2.24, 2.45) is 0 Å². The molecule has 0 aromatic heterocycles. The average Bonchev–Trinajstić information content (AvgIpc) is 2.52. The van der Waals surface area contributed by atoms with E-state index in [1.165, 1.54) is 5.56 Å². The van der Waals surface area contributed by atoms with Gasteiger partial charge in [0.2, 0.25) is 0 Å². The zero-order valence-corrected chi connectivity index (χ0v) is 12.8. The maximum atomic E-state index is 9.12. The molecular formula is C19H22N2. The van der Waals surface area contributed by atoms with Crippen LogP contribution in [0.5, 0.6) is 0 Å². The number of aryl methyl sites for hydroxylation is 1. The lowest BCUT2D eigenvalue weighted by Gasteiger charge is -2.27. The molecule has 2 nitrogen and oxygen atoms in total. The van der Waals surface area contributed by atoms with Gasteiger partial charge in [-0.1, -0.05) is 48.5 Å². The lowest BCUT2D eigenvalue weighted by atomic mass is 9.94. The van der Waals surface area contributed by atoms with E-state index in [0.717, 1.165) is 30.5 Å². The fraction of sp³-hybridized carbons (Fsp3) is 0.316. The largest absolute Gasteiger partial charge is 0.308 e. The van der Waals surface area contributed by atoms with Crippen LogP contribution in [0.15, 0.2) is 54.6 Å². The quantitative estimate of drug-likeness (QED) is 0.865. The topological polar surface area (TPSA) is 35.8 Å². The highest BCUT2D eigenvalue weighted by molar-refractivity contribution is 5.37. The molecule has 0 saturated heterocycles. The zero-order chi connectivity index (χ0) is 15.1. The van der Waals surface area contributed by atoms with Crippen molar-refractivity contribution in [3.8, 4) is 6.07 Å². The number of hydrogen-bond donors (Lipinski definition) is 1. The van der Waals surface area contributed by atoms with Crippen molar-refractivity contribution in [3.05, 3.63) is 71.3 Å². The van der Waals surface area contributed by atoms with E-state index in [1.807, 2.05) is 30.3 Å². The molecule has 0 aliphatic carbocycles. The molecule has 21 heavy (non-hydrogen) atoms. The van der Waals surface area contributed by atoms with Crippen LogP contribution in [-0.4, -0.2) is 5.54 Å². The third kappa shape index (κ3) is 4.73. The standard InChI is InChI=1S/C19H22N2/c1-19(2,13-12-16-8-4-3-5-9-16)21-15-18-11-7-6-10-17(18)14-20/h3-11,21H,12-13,15H2,1-2H3. The second kappa shape index (κ2) is 7.06. The maximum absolute atomic E-state index is 9.12. The van der Waals surface area contributed by atoms with Crippen LogP contribution < -0.4 is 5.32 Å². The van der Waals surface area contributed by atoms with Gasteiger partial charge in [0, 0.05) is 12.1 Å². The van der Waals surface area contributed by atoms with Crippen molar-refractivity contribution < 1.29 is 0 Å². The summed E-state index contributed by atoms with van der Waals surface area (Å²) in [6.07, 6.45) is 2.12. The zero-order valence-electron chi connectivity index (χ0n) is 12.8. The molecule has 0 aliphatic rings. The Kier molecular flexibility index (Phi) is 5.14. The van der Waals surface area contributed by atoms with Crippen LogP contribution in [0.25, 0.3) is 0 Å². The van der Waals surface area contributed by atoms with Crippen molar-refractivity contribution >= 4 is 0 Å². The summed E-state index contributed by atoms with van der Waals surface area (Å²) in [5, 5.41) is 12.7. The van der Waals surface area contributed by atoms with Gasteiger partial charge in [0.15, 0.2) is 0 Å².